The van der Waals surface area contributed by atoms with Crippen LogP contribution in [0.2, 0.25) is 0 Å². The highest BCUT2D eigenvalue weighted by Gasteiger charge is 2.30. The number of hydrogen-bond acceptors (Lipinski definition) is 1. The van der Waals surface area contributed by atoms with Gasteiger partial charge in [-0.05, 0) is 25.2 Å². The van der Waals surface area contributed by atoms with Crippen LogP contribution in [0.25, 0.3) is 0 Å². The summed E-state index contributed by atoms with van der Waals surface area (Å²) in [6.07, 6.45) is 2.85. The number of Topliss-reactive ketones (excluding diaryl/α,β-unsaturated/α-hetero) is 1. The van der Waals surface area contributed by atoms with Crippen molar-refractivity contribution in [3.63, 3.8) is 0 Å². The average molecular weight is 139 g/mol. The first-order chi connectivity index (χ1) is 4.51. The predicted octanol–water partition coefficient (Wildman–Crippen LogP) is 2.22. The van der Waals surface area contributed by atoms with Crippen molar-refractivity contribution in [3.05, 3.63) is 6.92 Å². The summed E-state index contributed by atoms with van der Waals surface area (Å²) < 4.78 is 0. The molecule has 1 fully saturated rings. The van der Waals surface area contributed by atoms with E-state index in [-0.39, 0.29) is 11.3 Å². The van der Waals surface area contributed by atoms with E-state index in [1.54, 1.807) is 0 Å². The van der Waals surface area contributed by atoms with Gasteiger partial charge in [-0.2, -0.15) is 0 Å². The van der Waals surface area contributed by atoms with Crippen molar-refractivity contribution in [3.8, 4) is 0 Å². The molecule has 1 unspecified atom stereocenters. The summed E-state index contributed by atoms with van der Waals surface area (Å²) in [6.45, 7) is 8.09. The van der Waals surface area contributed by atoms with Crippen LogP contribution in [0, 0.1) is 18.3 Å². The number of carbonyl (C=O) groups excluding carboxylic acids is 1. The van der Waals surface area contributed by atoms with E-state index < -0.39 is 0 Å². The van der Waals surface area contributed by atoms with Crippen LogP contribution in [-0.2, 0) is 4.79 Å². The van der Waals surface area contributed by atoms with Crippen molar-refractivity contribution < 1.29 is 4.79 Å². The fourth-order valence-electron chi connectivity index (χ4n) is 1.43. The molecular weight excluding hydrogens is 124 g/mol. The normalized spacial score (nSPS) is 32.3. The van der Waals surface area contributed by atoms with Gasteiger partial charge in [0.2, 0.25) is 0 Å². The Bertz CT molecular complexity index is 147. The van der Waals surface area contributed by atoms with Crippen molar-refractivity contribution >= 4 is 5.78 Å². The molecule has 0 bridgehead atoms. The van der Waals surface area contributed by atoms with Crippen molar-refractivity contribution in [2.75, 3.05) is 0 Å². The molecule has 0 heterocycles. The molecule has 1 heteroatoms. The Morgan fingerprint density at radius 1 is 1.60 bits per heavy atom. The number of hydrogen-bond donors (Lipinski definition) is 0. The van der Waals surface area contributed by atoms with E-state index in [0.717, 1.165) is 19.3 Å². The predicted molar refractivity (Wildman–Crippen MR) is 41.5 cm³/mol. The molecule has 10 heavy (non-hydrogen) atoms. The quantitative estimate of drug-likeness (QED) is 0.503. The molecule has 0 N–H and O–H groups in total. The van der Waals surface area contributed by atoms with E-state index in [0.29, 0.717) is 5.78 Å². The third kappa shape index (κ3) is 1.59. The molecule has 1 radical (unpaired) electrons. The van der Waals surface area contributed by atoms with Crippen LogP contribution in [0.4, 0.5) is 0 Å². The standard InChI is InChI=1S/C9H15O/c1-7-4-5-9(2,3)6-8(7)10/h7H,1,4-6H2,2-3H3. The van der Waals surface area contributed by atoms with Gasteiger partial charge in [-0.1, -0.05) is 13.8 Å². The summed E-state index contributed by atoms with van der Waals surface area (Å²) in [7, 11) is 0. The fraction of sp³-hybridized carbons (Fsp3) is 0.778. The fourth-order valence-corrected chi connectivity index (χ4v) is 1.43. The molecule has 0 aromatic heterocycles. The summed E-state index contributed by atoms with van der Waals surface area (Å²) in [4.78, 5) is 11.1. The third-order valence-electron chi connectivity index (χ3n) is 2.28. The highest BCUT2D eigenvalue weighted by Crippen LogP contribution is 2.35. The van der Waals surface area contributed by atoms with Crippen molar-refractivity contribution in [1.82, 2.24) is 0 Å². The Morgan fingerprint density at radius 2 is 2.20 bits per heavy atom. The second kappa shape index (κ2) is 2.37. The van der Waals surface area contributed by atoms with Gasteiger partial charge in [0.15, 0.2) is 0 Å². The second-order valence-electron chi connectivity index (χ2n) is 4.04. The molecule has 0 spiro atoms. The molecule has 0 aromatic rings. The molecule has 57 valence electrons. The van der Waals surface area contributed by atoms with Crippen LogP contribution < -0.4 is 0 Å². The lowest BCUT2D eigenvalue weighted by molar-refractivity contribution is -0.126. The zero-order valence-electron chi connectivity index (χ0n) is 6.81. The minimum Gasteiger partial charge on any atom is -0.299 e. The second-order valence-corrected chi connectivity index (χ2v) is 4.04. The summed E-state index contributed by atoms with van der Waals surface area (Å²) >= 11 is 0. The lowest BCUT2D eigenvalue weighted by atomic mass is 9.73. The maximum Gasteiger partial charge on any atom is 0.136 e. The molecule has 1 nitrogen and oxygen atoms in total. The molecule has 0 aliphatic heterocycles. The van der Waals surface area contributed by atoms with Crippen LogP contribution in [0.1, 0.15) is 33.1 Å². The Kier molecular flexibility index (Phi) is 1.84. The van der Waals surface area contributed by atoms with E-state index in [9.17, 15) is 4.79 Å². The van der Waals surface area contributed by atoms with Gasteiger partial charge in [-0.15, -0.1) is 0 Å². The first-order valence-corrected chi connectivity index (χ1v) is 3.87. The lowest BCUT2D eigenvalue weighted by Gasteiger charge is -2.31. The van der Waals surface area contributed by atoms with E-state index in [1.807, 2.05) is 0 Å². The highest BCUT2D eigenvalue weighted by molar-refractivity contribution is 5.82. The molecule has 1 saturated carbocycles. The molecular formula is C9H15O. The van der Waals surface area contributed by atoms with Gasteiger partial charge in [0.25, 0.3) is 0 Å². The maximum absolute atomic E-state index is 11.1. The van der Waals surface area contributed by atoms with Crippen molar-refractivity contribution in [1.29, 1.82) is 0 Å². The highest BCUT2D eigenvalue weighted by atomic mass is 16.1. The minimum absolute atomic E-state index is 0.0769. The molecule has 1 aliphatic rings. The smallest absolute Gasteiger partial charge is 0.136 e. The number of ketones is 1. The SMILES string of the molecule is [CH2]C1CCC(C)(C)CC1=O. The van der Waals surface area contributed by atoms with Gasteiger partial charge in [-0.25, -0.2) is 0 Å². The molecule has 1 rings (SSSR count). The van der Waals surface area contributed by atoms with Gasteiger partial charge in [0.05, 0.1) is 0 Å². The Hall–Kier alpha value is -0.330. The Morgan fingerprint density at radius 3 is 2.60 bits per heavy atom. The van der Waals surface area contributed by atoms with E-state index in [4.69, 9.17) is 0 Å². The molecule has 1 aliphatic carbocycles. The van der Waals surface area contributed by atoms with Gasteiger partial charge >= 0.3 is 0 Å². The third-order valence-corrected chi connectivity index (χ3v) is 2.28. The lowest BCUT2D eigenvalue weighted by Crippen LogP contribution is -2.28. The summed E-state index contributed by atoms with van der Waals surface area (Å²) in [6, 6.07) is 0. The Balaban J connectivity index is 2.57. The summed E-state index contributed by atoms with van der Waals surface area (Å²) in [5, 5.41) is 0. The van der Waals surface area contributed by atoms with Gasteiger partial charge in [-0.3, -0.25) is 4.79 Å². The largest absolute Gasteiger partial charge is 0.299 e. The van der Waals surface area contributed by atoms with Crippen LogP contribution in [-0.4, -0.2) is 5.78 Å². The molecule has 0 saturated heterocycles. The topological polar surface area (TPSA) is 17.1 Å². The van der Waals surface area contributed by atoms with Crippen LogP contribution in [0.3, 0.4) is 0 Å². The average Bonchev–Trinajstić information content (AvgIpc) is 1.79. The van der Waals surface area contributed by atoms with Crippen LogP contribution in [0.15, 0.2) is 0 Å². The van der Waals surface area contributed by atoms with Gasteiger partial charge in [0, 0.05) is 12.3 Å². The first-order valence-electron chi connectivity index (χ1n) is 3.87. The number of rotatable bonds is 0. The van der Waals surface area contributed by atoms with E-state index in [2.05, 4.69) is 20.8 Å². The zero-order valence-corrected chi connectivity index (χ0v) is 6.81. The molecule has 0 amide bonds. The van der Waals surface area contributed by atoms with E-state index in [1.165, 1.54) is 0 Å². The monoisotopic (exact) mass is 139 g/mol. The summed E-state index contributed by atoms with van der Waals surface area (Å²) in [5.74, 6) is 0.421. The summed E-state index contributed by atoms with van der Waals surface area (Å²) in [5.41, 5.74) is 0.241. The van der Waals surface area contributed by atoms with Gasteiger partial charge < -0.3 is 0 Å². The van der Waals surface area contributed by atoms with Crippen molar-refractivity contribution in [2.24, 2.45) is 11.3 Å². The molecule has 0 aromatic carbocycles. The van der Waals surface area contributed by atoms with Crippen molar-refractivity contribution in [2.45, 2.75) is 33.1 Å². The van der Waals surface area contributed by atoms with Gasteiger partial charge in [0.1, 0.15) is 5.78 Å². The number of carbonyl (C=O) groups is 1. The van der Waals surface area contributed by atoms with E-state index >= 15 is 0 Å². The van der Waals surface area contributed by atoms with Crippen LogP contribution >= 0.6 is 0 Å². The zero-order chi connectivity index (χ0) is 7.78. The molecule has 1 atom stereocenters. The first kappa shape index (κ1) is 7.77. The Labute approximate surface area is 62.8 Å². The maximum atomic E-state index is 11.1. The minimum atomic E-state index is 0.0769. The van der Waals surface area contributed by atoms with Crippen LogP contribution in [0.5, 0.6) is 0 Å².